The van der Waals surface area contributed by atoms with E-state index in [-0.39, 0.29) is 6.61 Å². The minimum Gasteiger partial charge on any atom is -0.395 e. The number of hydrogen-bond donors (Lipinski definition) is 1. The number of β-amino-alcohol motifs (C(OH)–C–C–N with tert-alkyl or cyclic N) is 1. The normalized spacial score (nSPS) is 27.8. The monoisotopic (exact) mass is 366 g/mol. The largest absolute Gasteiger partial charge is 0.395 e. The van der Waals surface area contributed by atoms with Crippen LogP contribution in [0.3, 0.4) is 0 Å². The van der Waals surface area contributed by atoms with Gasteiger partial charge in [0.25, 0.3) is 0 Å². The van der Waals surface area contributed by atoms with Gasteiger partial charge >= 0.3 is 0 Å². The molecule has 0 spiro atoms. The van der Waals surface area contributed by atoms with Crippen LogP contribution in [-0.4, -0.2) is 108 Å². The summed E-state index contributed by atoms with van der Waals surface area (Å²) in [5.74, 6) is 0.344. The van der Waals surface area contributed by atoms with Crippen molar-refractivity contribution in [1.82, 2.24) is 19.6 Å². The summed E-state index contributed by atoms with van der Waals surface area (Å²) >= 11 is 0. The topological polar surface area (TPSA) is 50.3 Å². The molecule has 0 aromatic heterocycles. The Morgan fingerprint density at radius 3 is 2.35 bits per heavy atom. The fourth-order valence-electron chi connectivity index (χ4n) is 4.98. The molecule has 0 aromatic carbocycles. The van der Waals surface area contributed by atoms with E-state index in [0.717, 1.165) is 71.6 Å². The maximum atomic E-state index is 12.8. The number of carbonyl (C=O) groups excluding carboxylic acids is 1. The van der Waals surface area contributed by atoms with Crippen molar-refractivity contribution < 1.29 is 9.90 Å². The molecule has 0 aromatic rings. The number of hydrogen-bond acceptors (Lipinski definition) is 5. The van der Waals surface area contributed by atoms with Gasteiger partial charge in [-0.25, -0.2) is 0 Å². The maximum Gasteiger partial charge on any atom is 0.236 e. The molecule has 1 amide bonds. The third-order valence-electron chi connectivity index (χ3n) is 6.72. The molecule has 26 heavy (non-hydrogen) atoms. The van der Waals surface area contributed by atoms with Gasteiger partial charge in [0, 0.05) is 57.9 Å². The van der Waals surface area contributed by atoms with E-state index < -0.39 is 0 Å². The molecule has 3 saturated heterocycles. The van der Waals surface area contributed by atoms with Gasteiger partial charge in [-0.05, 0) is 38.6 Å². The zero-order chi connectivity index (χ0) is 18.4. The second-order valence-electron chi connectivity index (χ2n) is 8.24. The summed E-state index contributed by atoms with van der Waals surface area (Å²) in [6.45, 7) is 11.2. The van der Waals surface area contributed by atoms with E-state index in [4.69, 9.17) is 5.11 Å². The Labute approximate surface area is 159 Å². The zero-order valence-electron chi connectivity index (χ0n) is 16.6. The molecule has 1 unspecified atom stereocenters. The molecule has 3 fully saturated rings. The lowest BCUT2D eigenvalue weighted by atomic mass is 9.99. The standard InChI is InChI=1S/C20H38N4O2/c1-2-18-5-3-4-8-24(18)17-20(26)23-9-6-19(7-10-23)22-13-11-21(12-14-22)15-16-25/h18-19,25H,2-17H2,1H3. The number of carbonyl (C=O) groups is 1. The molecule has 1 N–H and O–H groups in total. The number of aliphatic hydroxyl groups excluding tert-OH is 1. The Morgan fingerprint density at radius 1 is 0.962 bits per heavy atom. The van der Waals surface area contributed by atoms with E-state index in [9.17, 15) is 4.79 Å². The fraction of sp³-hybridized carbons (Fsp3) is 0.950. The molecule has 3 aliphatic heterocycles. The summed E-state index contributed by atoms with van der Waals surface area (Å²) < 4.78 is 0. The summed E-state index contributed by atoms with van der Waals surface area (Å²) in [6.07, 6.45) is 7.21. The number of rotatable bonds is 6. The Bertz CT molecular complexity index is 432. The zero-order valence-corrected chi connectivity index (χ0v) is 16.6. The first-order chi connectivity index (χ1) is 12.7. The van der Waals surface area contributed by atoms with Crippen LogP contribution in [0, 0.1) is 0 Å². The Kier molecular flexibility index (Phi) is 7.73. The van der Waals surface area contributed by atoms with Crippen molar-refractivity contribution in [2.75, 3.05) is 65.5 Å². The van der Waals surface area contributed by atoms with E-state index in [1.165, 1.54) is 19.3 Å². The number of aliphatic hydroxyl groups is 1. The van der Waals surface area contributed by atoms with Crippen LogP contribution in [0.15, 0.2) is 0 Å². The molecule has 3 heterocycles. The number of piperazine rings is 1. The molecule has 0 aliphatic carbocycles. The SMILES string of the molecule is CCC1CCCCN1CC(=O)N1CCC(N2CCN(CCO)CC2)CC1. The molecule has 6 heteroatoms. The van der Waals surface area contributed by atoms with Gasteiger partial charge in [0.15, 0.2) is 0 Å². The van der Waals surface area contributed by atoms with Crippen molar-refractivity contribution in [2.24, 2.45) is 0 Å². The van der Waals surface area contributed by atoms with Gasteiger partial charge in [-0.3, -0.25) is 19.5 Å². The van der Waals surface area contributed by atoms with E-state index in [2.05, 4.69) is 26.5 Å². The summed E-state index contributed by atoms with van der Waals surface area (Å²) in [6, 6.07) is 1.24. The van der Waals surface area contributed by atoms with Crippen LogP contribution in [0.1, 0.15) is 45.4 Å². The van der Waals surface area contributed by atoms with Gasteiger partial charge in [0.1, 0.15) is 0 Å². The lowest BCUT2D eigenvalue weighted by Gasteiger charge is -2.43. The van der Waals surface area contributed by atoms with E-state index in [1.54, 1.807) is 0 Å². The van der Waals surface area contributed by atoms with Crippen molar-refractivity contribution in [3.8, 4) is 0 Å². The molecule has 6 nitrogen and oxygen atoms in total. The van der Waals surface area contributed by atoms with Crippen LogP contribution in [0.25, 0.3) is 0 Å². The van der Waals surface area contributed by atoms with Crippen LogP contribution in [-0.2, 0) is 4.79 Å². The molecule has 0 saturated carbocycles. The maximum absolute atomic E-state index is 12.8. The Hall–Kier alpha value is -0.690. The molecule has 0 bridgehead atoms. The van der Waals surface area contributed by atoms with Gasteiger partial charge in [0.2, 0.25) is 5.91 Å². The van der Waals surface area contributed by atoms with Gasteiger partial charge in [-0.15, -0.1) is 0 Å². The van der Waals surface area contributed by atoms with Gasteiger partial charge in [-0.1, -0.05) is 13.3 Å². The van der Waals surface area contributed by atoms with Crippen LogP contribution >= 0.6 is 0 Å². The Balaban J connectivity index is 1.40. The summed E-state index contributed by atoms with van der Waals surface area (Å²) in [4.78, 5) is 22.3. The highest BCUT2D eigenvalue weighted by Crippen LogP contribution is 2.21. The highest BCUT2D eigenvalue weighted by molar-refractivity contribution is 5.78. The van der Waals surface area contributed by atoms with Crippen molar-refractivity contribution in [3.05, 3.63) is 0 Å². The summed E-state index contributed by atoms with van der Waals surface area (Å²) in [5, 5.41) is 9.07. The van der Waals surface area contributed by atoms with Crippen LogP contribution in [0.5, 0.6) is 0 Å². The fourth-order valence-corrected chi connectivity index (χ4v) is 4.98. The first kappa shape index (κ1) is 20.1. The average molecular weight is 367 g/mol. The van der Waals surface area contributed by atoms with Gasteiger partial charge < -0.3 is 10.0 Å². The van der Waals surface area contributed by atoms with Crippen molar-refractivity contribution >= 4 is 5.91 Å². The molecule has 3 rings (SSSR count). The van der Waals surface area contributed by atoms with E-state index >= 15 is 0 Å². The van der Waals surface area contributed by atoms with Gasteiger partial charge in [-0.2, -0.15) is 0 Å². The predicted molar refractivity (Wildman–Crippen MR) is 104 cm³/mol. The van der Waals surface area contributed by atoms with Crippen LogP contribution in [0.4, 0.5) is 0 Å². The van der Waals surface area contributed by atoms with Crippen molar-refractivity contribution in [1.29, 1.82) is 0 Å². The first-order valence-corrected chi connectivity index (χ1v) is 10.8. The predicted octanol–water partition coefficient (Wildman–Crippen LogP) is 0.852. The molecular formula is C20H38N4O2. The minimum absolute atomic E-state index is 0.260. The number of amides is 1. The molecule has 150 valence electrons. The smallest absolute Gasteiger partial charge is 0.236 e. The highest BCUT2D eigenvalue weighted by atomic mass is 16.3. The van der Waals surface area contributed by atoms with Crippen molar-refractivity contribution in [2.45, 2.75) is 57.5 Å². The average Bonchev–Trinajstić information content (AvgIpc) is 2.69. The summed E-state index contributed by atoms with van der Waals surface area (Å²) in [5.41, 5.74) is 0. The van der Waals surface area contributed by atoms with Crippen molar-refractivity contribution in [3.63, 3.8) is 0 Å². The van der Waals surface area contributed by atoms with Crippen LogP contribution in [0.2, 0.25) is 0 Å². The molecule has 3 aliphatic rings. The lowest BCUT2D eigenvalue weighted by molar-refractivity contribution is -0.135. The third-order valence-corrected chi connectivity index (χ3v) is 6.72. The lowest BCUT2D eigenvalue weighted by Crippen LogP contribution is -2.55. The molecular weight excluding hydrogens is 328 g/mol. The van der Waals surface area contributed by atoms with Gasteiger partial charge in [0.05, 0.1) is 13.2 Å². The second kappa shape index (κ2) is 10.0. The second-order valence-corrected chi connectivity index (χ2v) is 8.24. The summed E-state index contributed by atoms with van der Waals surface area (Å²) in [7, 11) is 0. The number of likely N-dealkylation sites (tertiary alicyclic amines) is 2. The molecule has 0 radical (unpaired) electrons. The number of nitrogens with zero attached hydrogens (tertiary/aromatic N) is 4. The van der Waals surface area contributed by atoms with E-state index in [0.29, 0.717) is 24.5 Å². The van der Waals surface area contributed by atoms with Crippen LogP contribution < -0.4 is 0 Å². The Morgan fingerprint density at radius 2 is 1.69 bits per heavy atom. The quantitative estimate of drug-likeness (QED) is 0.755. The minimum atomic E-state index is 0.260. The third kappa shape index (κ3) is 5.18. The molecule has 1 atom stereocenters. The number of piperidine rings is 2. The van der Waals surface area contributed by atoms with E-state index in [1.807, 2.05) is 0 Å². The first-order valence-electron chi connectivity index (χ1n) is 10.8. The highest BCUT2D eigenvalue weighted by Gasteiger charge is 2.30.